The van der Waals surface area contributed by atoms with Crippen LogP contribution in [0.1, 0.15) is 38.5 Å². The highest BCUT2D eigenvalue weighted by molar-refractivity contribution is 14.0. The van der Waals surface area contributed by atoms with E-state index < -0.39 is 0 Å². The van der Waals surface area contributed by atoms with Crippen LogP contribution in [0.3, 0.4) is 0 Å². The molecule has 3 fully saturated rings. The van der Waals surface area contributed by atoms with E-state index in [1.165, 1.54) is 32.2 Å². The first-order valence-electron chi connectivity index (χ1n) is 10.2. The third kappa shape index (κ3) is 8.71. The number of halogens is 1. The Morgan fingerprint density at radius 1 is 1.12 bits per heavy atom. The molecule has 26 heavy (non-hydrogen) atoms. The van der Waals surface area contributed by atoms with Gasteiger partial charge in [0.05, 0.1) is 13.2 Å². The van der Waals surface area contributed by atoms with E-state index in [9.17, 15) is 0 Å². The summed E-state index contributed by atoms with van der Waals surface area (Å²) in [6, 6.07) is 0.861. The normalized spacial score (nSPS) is 23.2. The van der Waals surface area contributed by atoms with Crippen LogP contribution in [-0.4, -0.2) is 76.6 Å². The van der Waals surface area contributed by atoms with Crippen LogP contribution in [0.2, 0.25) is 0 Å². The van der Waals surface area contributed by atoms with Gasteiger partial charge in [-0.25, -0.2) is 0 Å². The summed E-state index contributed by atoms with van der Waals surface area (Å²) in [4.78, 5) is 7.00. The molecule has 2 aliphatic carbocycles. The predicted octanol–water partition coefficient (Wildman–Crippen LogP) is 2.09. The summed E-state index contributed by atoms with van der Waals surface area (Å²) < 4.78 is 11.1. The first kappa shape index (κ1) is 22.2. The lowest BCUT2D eigenvalue weighted by Gasteiger charge is -2.22. The van der Waals surface area contributed by atoms with Crippen LogP contribution in [0.25, 0.3) is 0 Å². The average molecular weight is 480 g/mol. The summed E-state index contributed by atoms with van der Waals surface area (Å²) in [6.07, 6.45) is 7.82. The second kappa shape index (κ2) is 12.4. The standard InChI is InChI=1S/C19H36N4O2.HI/c1-20-19(21-8-2-11-24-14-17-7-12-25-15-17)22-9-10-23(18-5-6-18)13-16-3-4-16;/h16-18H,2-15H2,1H3,(H2,20,21,22);1H. The zero-order chi connectivity index (χ0) is 17.3. The topological polar surface area (TPSA) is 58.1 Å². The van der Waals surface area contributed by atoms with Crippen molar-refractivity contribution in [1.82, 2.24) is 15.5 Å². The summed E-state index contributed by atoms with van der Waals surface area (Å²) in [6.45, 7) is 7.72. The molecule has 152 valence electrons. The highest BCUT2D eigenvalue weighted by Crippen LogP contribution is 2.34. The van der Waals surface area contributed by atoms with E-state index in [4.69, 9.17) is 9.47 Å². The maximum atomic E-state index is 5.73. The van der Waals surface area contributed by atoms with Crippen molar-refractivity contribution in [2.45, 2.75) is 44.6 Å². The van der Waals surface area contributed by atoms with Gasteiger partial charge in [-0.2, -0.15) is 0 Å². The summed E-state index contributed by atoms with van der Waals surface area (Å²) in [5, 5.41) is 6.84. The Kier molecular flexibility index (Phi) is 10.5. The van der Waals surface area contributed by atoms with Crippen LogP contribution in [-0.2, 0) is 9.47 Å². The van der Waals surface area contributed by atoms with Gasteiger partial charge in [0.1, 0.15) is 0 Å². The average Bonchev–Trinajstić information content (AvgIpc) is 3.55. The zero-order valence-electron chi connectivity index (χ0n) is 16.3. The van der Waals surface area contributed by atoms with Crippen molar-refractivity contribution < 1.29 is 9.47 Å². The van der Waals surface area contributed by atoms with E-state index in [-0.39, 0.29) is 24.0 Å². The number of aliphatic imine (C=N–C) groups is 1. The number of guanidine groups is 1. The number of ether oxygens (including phenoxy) is 2. The molecule has 2 N–H and O–H groups in total. The number of nitrogens with zero attached hydrogens (tertiary/aromatic N) is 2. The van der Waals surface area contributed by atoms with Gasteiger partial charge in [-0.05, 0) is 44.4 Å². The van der Waals surface area contributed by atoms with Crippen LogP contribution in [0.15, 0.2) is 4.99 Å². The molecule has 1 unspecified atom stereocenters. The molecule has 1 atom stereocenters. The Morgan fingerprint density at radius 2 is 1.92 bits per heavy atom. The minimum Gasteiger partial charge on any atom is -0.381 e. The van der Waals surface area contributed by atoms with E-state index in [0.29, 0.717) is 5.92 Å². The zero-order valence-corrected chi connectivity index (χ0v) is 18.6. The Bertz CT molecular complexity index is 410. The summed E-state index contributed by atoms with van der Waals surface area (Å²) in [5.41, 5.74) is 0. The monoisotopic (exact) mass is 480 g/mol. The molecular formula is C19H37IN4O2. The molecule has 0 aromatic carbocycles. The van der Waals surface area contributed by atoms with Gasteiger partial charge in [0.15, 0.2) is 5.96 Å². The van der Waals surface area contributed by atoms with Crippen molar-refractivity contribution in [3.8, 4) is 0 Å². The second-order valence-electron chi connectivity index (χ2n) is 7.75. The molecule has 1 aliphatic heterocycles. The lowest BCUT2D eigenvalue weighted by molar-refractivity contribution is 0.0888. The predicted molar refractivity (Wildman–Crippen MR) is 116 cm³/mol. The largest absolute Gasteiger partial charge is 0.381 e. The molecule has 0 bridgehead atoms. The Balaban J connectivity index is 0.00000243. The molecule has 0 aromatic rings. The highest BCUT2D eigenvalue weighted by Gasteiger charge is 2.33. The van der Waals surface area contributed by atoms with E-state index in [1.807, 2.05) is 7.05 Å². The first-order chi connectivity index (χ1) is 12.3. The smallest absolute Gasteiger partial charge is 0.191 e. The lowest BCUT2D eigenvalue weighted by atomic mass is 10.1. The molecule has 3 rings (SSSR count). The lowest BCUT2D eigenvalue weighted by Crippen LogP contribution is -2.43. The van der Waals surface area contributed by atoms with Crippen molar-refractivity contribution in [1.29, 1.82) is 0 Å². The van der Waals surface area contributed by atoms with Crippen molar-refractivity contribution in [3.05, 3.63) is 0 Å². The van der Waals surface area contributed by atoms with E-state index in [0.717, 1.165) is 76.8 Å². The fraction of sp³-hybridized carbons (Fsp3) is 0.947. The number of hydrogen-bond donors (Lipinski definition) is 2. The molecule has 2 saturated carbocycles. The Morgan fingerprint density at radius 3 is 2.58 bits per heavy atom. The summed E-state index contributed by atoms with van der Waals surface area (Å²) in [7, 11) is 1.84. The summed E-state index contributed by atoms with van der Waals surface area (Å²) in [5.74, 6) is 2.49. The second-order valence-corrected chi connectivity index (χ2v) is 7.75. The van der Waals surface area contributed by atoms with Crippen molar-refractivity contribution in [2.75, 3.05) is 59.7 Å². The van der Waals surface area contributed by atoms with Crippen molar-refractivity contribution >= 4 is 29.9 Å². The van der Waals surface area contributed by atoms with E-state index in [2.05, 4.69) is 20.5 Å². The number of rotatable bonds is 12. The van der Waals surface area contributed by atoms with Crippen LogP contribution in [0, 0.1) is 11.8 Å². The number of nitrogens with one attached hydrogen (secondary N) is 2. The minimum atomic E-state index is 0. The highest BCUT2D eigenvalue weighted by atomic mass is 127. The van der Waals surface area contributed by atoms with Crippen LogP contribution in [0.5, 0.6) is 0 Å². The van der Waals surface area contributed by atoms with Crippen molar-refractivity contribution in [3.63, 3.8) is 0 Å². The maximum absolute atomic E-state index is 5.73. The van der Waals surface area contributed by atoms with Crippen LogP contribution >= 0.6 is 24.0 Å². The Hall–Kier alpha value is -0.120. The SMILES string of the molecule is CN=C(NCCCOCC1CCOC1)NCCN(CC1CC1)C1CC1.I. The molecule has 1 heterocycles. The van der Waals surface area contributed by atoms with Crippen LogP contribution in [0.4, 0.5) is 0 Å². The quantitative estimate of drug-likeness (QED) is 0.194. The van der Waals surface area contributed by atoms with Gasteiger partial charge in [-0.15, -0.1) is 24.0 Å². The van der Waals surface area contributed by atoms with E-state index in [1.54, 1.807) is 0 Å². The first-order valence-corrected chi connectivity index (χ1v) is 10.2. The molecular weight excluding hydrogens is 443 g/mol. The molecule has 0 aromatic heterocycles. The minimum absolute atomic E-state index is 0. The van der Waals surface area contributed by atoms with Gasteiger partial charge in [-0.3, -0.25) is 9.89 Å². The fourth-order valence-electron chi connectivity index (χ4n) is 3.38. The number of hydrogen-bond acceptors (Lipinski definition) is 4. The Labute approximate surface area is 175 Å². The third-order valence-corrected chi connectivity index (χ3v) is 5.30. The fourth-order valence-corrected chi connectivity index (χ4v) is 3.38. The van der Waals surface area contributed by atoms with Gasteiger partial charge in [0.25, 0.3) is 0 Å². The van der Waals surface area contributed by atoms with Gasteiger partial charge in [0, 0.05) is 58.4 Å². The van der Waals surface area contributed by atoms with Crippen molar-refractivity contribution in [2.24, 2.45) is 16.8 Å². The van der Waals surface area contributed by atoms with Crippen LogP contribution < -0.4 is 10.6 Å². The summed E-state index contributed by atoms with van der Waals surface area (Å²) >= 11 is 0. The van der Waals surface area contributed by atoms with Gasteiger partial charge >= 0.3 is 0 Å². The van der Waals surface area contributed by atoms with Gasteiger partial charge in [-0.1, -0.05) is 0 Å². The molecule has 1 saturated heterocycles. The molecule has 7 heteroatoms. The molecule has 6 nitrogen and oxygen atoms in total. The maximum Gasteiger partial charge on any atom is 0.191 e. The van der Waals surface area contributed by atoms with Gasteiger partial charge in [0.2, 0.25) is 0 Å². The van der Waals surface area contributed by atoms with E-state index >= 15 is 0 Å². The third-order valence-electron chi connectivity index (χ3n) is 5.30. The molecule has 0 amide bonds. The van der Waals surface area contributed by atoms with Gasteiger partial charge < -0.3 is 20.1 Å². The molecule has 3 aliphatic rings. The molecule has 0 radical (unpaired) electrons. The molecule has 0 spiro atoms.